The van der Waals surface area contributed by atoms with Gasteiger partial charge in [-0.1, -0.05) is 0 Å². The minimum Gasteiger partial charge on any atom is -0.380 e. The highest BCUT2D eigenvalue weighted by molar-refractivity contribution is 6.28. The van der Waals surface area contributed by atoms with Gasteiger partial charge in [0.2, 0.25) is 17.2 Å². The van der Waals surface area contributed by atoms with Crippen LogP contribution in [0.4, 0.5) is 11.9 Å². The summed E-state index contributed by atoms with van der Waals surface area (Å²) in [7, 11) is 1.76. The van der Waals surface area contributed by atoms with E-state index in [1.807, 2.05) is 0 Å². The van der Waals surface area contributed by atoms with E-state index in [9.17, 15) is 0 Å². The second-order valence-corrected chi connectivity index (χ2v) is 6.04. The van der Waals surface area contributed by atoms with E-state index in [1.165, 1.54) is 19.3 Å². The van der Waals surface area contributed by atoms with Crippen LogP contribution in [0, 0.1) is 0 Å². The third-order valence-electron chi connectivity index (χ3n) is 4.22. The molecule has 0 bridgehead atoms. The fraction of sp³-hybridized carbons (Fsp3) is 0.786. The van der Waals surface area contributed by atoms with Crippen LogP contribution in [0.25, 0.3) is 0 Å². The molecule has 1 unspecified atom stereocenters. The number of aromatic nitrogens is 3. The van der Waals surface area contributed by atoms with Crippen molar-refractivity contribution in [2.24, 2.45) is 0 Å². The largest absolute Gasteiger partial charge is 0.380 e. The fourth-order valence-electron chi connectivity index (χ4n) is 3.02. The van der Waals surface area contributed by atoms with Gasteiger partial charge in [-0.05, 0) is 43.7 Å². The summed E-state index contributed by atoms with van der Waals surface area (Å²) in [6.07, 6.45) is 6.07. The normalized spacial score (nSPS) is 23.4. The summed E-state index contributed by atoms with van der Waals surface area (Å²) in [6, 6.07) is 0. The van der Waals surface area contributed by atoms with Crippen LogP contribution in [0.15, 0.2) is 0 Å². The van der Waals surface area contributed by atoms with Gasteiger partial charge in [-0.25, -0.2) is 0 Å². The van der Waals surface area contributed by atoms with Crippen molar-refractivity contribution in [3.8, 4) is 0 Å². The molecule has 116 valence electrons. The molecule has 0 spiro atoms. The van der Waals surface area contributed by atoms with Crippen LogP contribution in [0.2, 0.25) is 5.28 Å². The Kier molecular flexibility index (Phi) is 4.75. The molecule has 0 amide bonds. The van der Waals surface area contributed by atoms with Crippen molar-refractivity contribution in [2.75, 3.05) is 43.1 Å². The van der Waals surface area contributed by atoms with Crippen molar-refractivity contribution in [2.45, 2.75) is 38.2 Å². The number of nitrogens with zero attached hydrogens (tertiary/aromatic N) is 5. The summed E-state index contributed by atoms with van der Waals surface area (Å²) in [5.74, 6) is 1.39. The van der Waals surface area contributed by atoms with Gasteiger partial charge >= 0.3 is 0 Å². The fourth-order valence-corrected chi connectivity index (χ4v) is 3.17. The lowest BCUT2D eigenvalue weighted by Crippen LogP contribution is -2.40. The lowest BCUT2D eigenvalue weighted by Gasteiger charge is -2.33. The average molecular weight is 312 g/mol. The first-order valence-electron chi connectivity index (χ1n) is 7.70. The summed E-state index contributed by atoms with van der Waals surface area (Å²) in [5, 5.41) is 0.278. The lowest BCUT2D eigenvalue weighted by atomic mass is 10.1. The van der Waals surface area contributed by atoms with Gasteiger partial charge in [-0.3, -0.25) is 0 Å². The highest BCUT2D eigenvalue weighted by Gasteiger charge is 2.23. The highest BCUT2D eigenvalue weighted by atomic mass is 35.5. The minimum atomic E-state index is 0.243. The molecule has 7 heteroatoms. The Bertz CT molecular complexity index is 480. The Balaban J connectivity index is 1.80. The lowest BCUT2D eigenvalue weighted by molar-refractivity contribution is 0.0889. The van der Waals surface area contributed by atoms with E-state index >= 15 is 0 Å². The molecule has 2 aliphatic heterocycles. The Morgan fingerprint density at radius 1 is 0.952 bits per heavy atom. The maximum absolute atomic E-state index is 6.11. The molecule has 3 rings (SSSR count). The number of rotatable bonds is 3. The van der Waals surface area contributed by atoms with E-state index in [0.29, 0.717) is 11.9 Å². The van der Waals surface area contributed by atoms with Gasteiger partial charge < -0.3 is 14.5 Å². The number of halogens is 1. The maximum atomic E-state index is 6.11. The van der Waals surface area contributed by atoms with E-state index in [1.54, 1.807) is 7.11 Å². The maximum Gasteiger partial charge on any atom is 0.231 e. The molecule has 1 aromatic rings. The number of anilines is 2. The monoisotopic (exact) mass is 311 g/mol. The smallest absolute Gasteiger partial charge is 0.231 e. The molecule has 3 heterocycles. The summed E-state index contributed by atoms with van der Waals surface area (Å²) < 4.78 is 5.46. The summed E-state index contributed by atoms with van der Waals surface area (Å²) >= 11 is 6.11. The standard InChI is InChI=1S/C14H22ClN5O/c1-21-11-6-5-9-20(10-11)14-17-12(15)16-13(18-14)19-7-3-2-4-8-19/h11H,2-10H2,1H3. The number of hydrogen-bond acceptors (Lipinski definition) is 6. The summed E-state index contributed by atoms with van der Waals surface area (Å²) in [6.45, 7) is 3.76. The van der Waals surface area contributed by atoms with Crippen molar-refractivity contribution < 1.29 is 4.74 Å². The van der Waals surface area contributed by atoms with E-state index < -0.39 is 0 Å². The van der Waals surface area contributed by atoms with Crippen LogP contribution in [0.5, 0.6) is 0 Å². The van der Waals surface area contributed by atoms with Crippen molar-refractivity contribution in [1.29, 1.82) is 0 Å². The Hall–Kier alpha value is -1.14. The van der Waals surface area contributed by atoms with E-state index in [2.05, 4.69) is 24.8 Å². The van der Waals surface area contributed by atoms with Crippen molar-refractivity contribution in [1.82, 2.24) is 15.0 Å². The van der Waals surface area contributed by atoms with Crippen LogP contribution in [0.3, 0.4) is 0 Å². The zero-order valence-electron chi connectivity index (χ0n) is 12.5. The van der Waals surface area contributed by atoms with E-state index in [0.717, 1.165) is 39.0 Å². The molecule has 0 aliphatic carbocycles. The highest BCUT2D eigenvalue weighted by Crippen LogP contribution is 2.23. The Labute approximate surface area is 130 Å². The van der Waals surface area contributed by atoms with Crippen LogP contribution in [-0.4, -0.2) is 54.3 Å². The number of ether oxygens (including phenoxy) is 1. The Morgan fingerprint density at radius 3 is 2.33 bits per heavy atom. The molecule has 0 saturated carbocycles. The SMILES string of the molecule is COC1CCCN(c2nc(Cl)nc(N3CCCCC3)n2)C1. The predicted molar refractivity (Wildman–Crippen MR) is 83.1 cm³/mol. The number of piperidine rings is 2. The van der Waals surface area contributed by atoms with E-state index in [-0.39, 0.29) is 11.4 Å². The quantitative estimate of drug-likeness (QED) is 0.852. The van der Waals surface area contributed by atoms with Crippen LogP contribution < -0.4 is 9.80 Å². The second-order valence-electron chi connectivity index (χ2n) is 5.70. The van der Waals surface area contributed by atoms with Gasteiger partial charge in [-0.15, -0.1) is 0 Å². The van der Waals surface area contributed by atoms with Gasteiger partial charge in [0.25, 0.3) is 0 Å². The Morgan fingerprint density at radius 2 is 1.62 bits per heavy atom. The second kappa shape index (κ2) is 6.75. The average Bonchev–Trinajstić information content (AvgIpc) is 2.55. The third kappa shape index (κ3) is 3.55. The zero-order chi connectivity index (χ0) is 14.7. The first-order chi connectivity index (χ1) is 10.3. The van der Waals surface area contributed by atoms with Gasteiger partial charge in [0.15, 0.2) is 0 Å². The first-order valence-corrected chi connectivity index (χ1v) is 8.08. The molecule has 0 radical (unpaired) electrons. The molecule has 6 nitrogen and oxygen atoms in total. The van der Waals surface area contributed by atoms with Crippen LogP contribution in [0.1, 0.15) is 32.1 Å². The molecule has 2 saturated heterocycles. The van der Waals surface area contributed by atoms with Gasteiger partial charge in [0.05, 0.1) is 6.10 Å². The number of hydrogen-bond donors (Lipinski definition) is 0. The molecule has 2 aliphatic rings. The van der Waals surface area contributed by atoms with Gasteiger partial charge in [0, 0.05) is 33.3 Å². The molecular weight excluding hydrogens is 290 g/mol. The van der Waals surface area contributed by atoms with Gasteiger partial charge in [-0.2, -0.15) is 15.0 Å². The molecule has 0 aromatic carbocycles. The van der Waals surface area contributed by atoms with Crippen molar-refractivity contribution >= 4 is 23.5 Å². The molecule has 1 aromatic heterocycles. The minimum absolute atomic E-state index is 0.243. The number of methoxy groups -OCH3 is 1. The third-order valence-corrected chi connectivity index (χ3v) is 4.39. The molecule has 1 atom stereocenters. The molecule has 0 N–H and O–H groups in total. The zero-order valence-corrected chi connectivity index (χ0v) is 13.2. The topological polar surface area (TPSA) is 54.4 Å². The first kappa shape index (κ1) is 14.8. The van der Waals surface area contributed by atoms with Gasteiger partial charge in [0.1, 0.15) is 0 Å². The van der Waals surface area contributed by atoms with Crippen molar-refractivity contribution in [3.05, 3.63) is 5.28 Å². The van der Waals surface area contributed by atoms with Crippen LogP contribution in [-0.2, 0) is 4.74 Å². The van der Waals surface area contributed by atoms with Crippen molar-refractivity contribution in [3.63, 3.8) is 0 Å². The molecule has 2 fully saturated rings. The summed E-state index contributed by atoms with van der Waals surface area (Å²) in [4.78, 5) is 17.6. The molecular formula is C14H22ClN5O. The predicted octanol–water partition coefficient (Wildman–Crippen LogP) is 2.13. The summed E-state index contributed by atoms with van der Waals surface area (Å²) in [5.41, 5.74) is 0. The van der Waals surface area contributed by atoms with Crippen LogP contribution >= 0.6 is 11.6 Å². The van der Waals surface area contributed by atoms with E-state index in [4.69, 9.17) is 16.3 Å². The molecule has 21 heavy (non-hydrogen) atoms.